The molecule has 4 fully saturated rings. The van der Waals surface area contributed by atoms with E-state index in [1.807, 2.05) is 4.90 Å². The molecule has 0 bridgehead atoms. The van der Waals surface area contributed by atoms with Crippen LogP contribution in [-0.4, -0.2) is 74.9 Å². The van der Waals surface area contributed by atoms with Crippen LogP contribution in [0.25, 0.3) is 10.9 Å². The topological polar surface area (TPSA) is 74.6 Å². The quantitative estimate of drug-likeness (QED) is 0.276. The molecule has 6 rings (SSSR count). The Balaban J connectivity index is 0.000000205. The zero-order chi connectivity index (χ0) is 21.7. The van der Waals surface area contributed by atoms with Crippen molar-refractivity contribution >= 4 is 39.9 Å². The molecule has 7 nitrogen and oxygen atoms in total. The van der Waals surface area contributed by atoms with Gasteiger partial charge in [-0.3, -0.25) is 0 Å². The fourth-order valence-electron chi connectivity index (χ4n) is 4.65. The first kappa shape index (κ1) is 24.6. The monoisotopic (exact) mass is 710 g/mol. The SMILES string of the molecule is F[C@@H]1C[C-]2CCCN2C1.Oc1nc(N2CCCO[C@H]3[C@H](Cl)[C@H]32)c2cnc(Cl)c(F)c2n1.[U]. The van der Waals surface area contributed by atoms with E-state index in [4.69, 9.17) is 27.9 Å². The molecule has 3 aliphatic heterocycles. The number of fused-ring (bicyclic) bond motifs is 3. The van der Waals surface area contributed by atoms with Crippen LogP contribution in [0.15, 0.2) is 6.20 Å². The van der Waals surface area contributed by atoms with Crippen LogP contribution in [-0.2, 0) is 4.74 Å². The molecular weight excluding hydrogens is 689 g/mol. The molecule has 0 amide bonds. The number of anilines is 1. The Bertz CT molecular complexity index is 981. The predicted molar refractivity (Wildman–Crippen MR) is 113 cm³/mol. The minimum Gasteiger partial charge on any atom is -0.479 e. The first-order valence-corrected chi connectivity index (χ1v) is 11.2. The van der Waals surface area contributed by atoms with Gasteiger partial charge in [-0.1, -0.05) is 18.0 Å². The van der Waals surface area contributed by atoms with Crippen molar-refractivity contribution in [2.45, 2.75) is 49.4 Å². The molecular formula is C20H22Cl2F2N5O2U-. The first-order valence-electron chi connectivity index (χ1n) is 10.4. The van der Waals surface area contributed by atoms with Gasteiger partial charge in [-0.25, -0.2) is 19.8 Å². The smallest absolute Gasteiger partial charge is 0.316 e. The molecule has 32 heavy (non-hydrogen) atoms. The van der Waals surface area contributed by atoms with Gasteiger partial charge in [0.25, 0.3) is 0 Å². The van der Waals surface area contributed by atoms with E-state index >= 15 is 0 Å². The van der Waals surface area contributed by atoms with Crippen molar-refractivity contribution in [2.75, 3.05) is 31.1 Å². The van der Waals surface area contributed by atoms with Crippen molar-refractivity contribution in [3.05, 3.63) is 23.2 Å². The maximum atomic E-state index is 14.1. The van der Waals surface area contributed by atoms with Crippen LogP contribution in [0.4, 0.5) is 14.6 Å². The summed E-state index contributed by atoms with van der Waals surface area (Å²) in [5.41, 5.74) is -0.0593. The van der Waals surface area contributed by atoms with E-state index in [9.17, 15) is 13.9 Å². The summed E-state index contributed by atoms with van der Waals surface area (Å²) in [4.78, 5) is 15.7. The van der Waals surface area contributed by atoms with Crippen molar-refractivity contribution in [1.29, 1.82) is 0 Å². The molecule has 3 saturated heterocycles. The number of aromatic nitrogens is 3. The van der Waals surface area contributed by atoms with E-state index < -0.39 is 18.0 Å². The second-order valence-electron chi connectivity index (χ2n) is 8.21. The van der Waals surface area contributed by atoms with Gasteiger partial charge in [0, 0.05) is 50.5 Å². The Morgan fingerprint density at radius 2 is 2.06 bits per heavy atom. The summed E-state index contributed by atoms with van der Waals surface area (Å²) in [6.45, 7) is 3.03. The number of rotatable bonds is 1. The summed E-state index contributed by atoms with van der Waals surface area (Å²) in [7, 11) is 0. The molecule has 12 heteroatoms. The largest absolute Gasteiger partial charge is 0.479 e. The standard InChI is InChI=1S/C13H11Cl2FN4O2.C7H11FN.U/c14-6-9-10(6)22-3-1-2-20(9)12-5-4-17-11(15)7(16)8(5)18-13(21)19-12;8-6-4-7-2-1-3-9(7)5-6;/h4,6,9-10H,1-3H2,(H,18,19,21);6H,1-5H2;/q;-1;/t6-,9-,10+;6-;/m11./s1. The molecule has 0 radical (unpaired) electrons. The third-order valence-electron chi connectivity index (χ3n) is 6.15. The second kappa shape index (κ2) is 10.0. The van der Waals surface area contributed by atoms with Crippen LogP contribution < -0.4 is 4.90 Å². The summed E-state index contributed by atoms with van der Waals surface area (Å²) in [6, 6.07) is 0.792. The summed E-state index contributed by atoms with van der Waals surface area (Å²) >= 11 is 11.9. The fraction of sp³-hybridized carbons (Fsp3) is 0.600. The van der Waals surface area contributed by atoms with Gasteiger partial charge in [-0.15, -0.1) is 18.0 Å². The third-order valence-corrected chi connectivity index (χ3v) is 6.92. The molecule has 1 saturated carbocycles. The summed E-state index contributed by atoms with van der Waals surface area (Å²) in [6.07, 6.45) is 4.68. The average Bonchev–Trinajstić information content (AvgIpc) is 3.04. The molecule has 0 aromatic carbocycles. The normalized spacial score (nSPS) is 29.6. The number of alkyl halides is 2. The molecule has 2 aromatic heterocycles. The summed E-state index contributed by atoms with van der Waals surface area (Å²) in [5.74, 6) is -0.381. The van der Waals surface area contributed by atoms with Crippen molar-refractivity contribution in [1.82, 2.24) is 19.9 Å². The van der Waals surface area contributed by atoms with Crippen molar-refractivity contribution in [3.8, 4) is 6.01 Å². The zero-order valence-electron chi connectivity index (χ0n) is 17.1. The minimum absolute atomic E-state index is 0. The van der Waals surface area contributed by atoms with Crippen LogP contribution in [0.5, 0.6) is 6.01 Å². The van der Waals surface area contributed by atoms with Gasteiger partial charge in [0.15, 0.2) is 11.0 Å². The van der Waals surface area contributed by atoms with Crippen LogP contribution in [0.1, 0.15) is 25.7 Å². The molecule has 5 heterocycles. The van der Waals surface area contributed by atoms with Gasteiger partial charge in [0.2, 0.25) is 0 Å². The van der Waals surface area contributed by atoms with Gasteiger partial charge >= 0.3 is 6.01 Å². The van der Waals surface area contributed by atoms with Gasteiger partial charge in [0.1, 0.15) is 11.3 Å². The van der Waals surface area contributed by atoms with Crippen molar-refractivity contribution < 1.29 is 49.7 Å². The summed E-state index contributed by atoms with van der Waals surface area (Å²) < 4.78 is 32.3. The third kappa shape index (κ3) is 4.69. The van der Waals surface area contributed by atoms with E-state index in [1.165, 1.54) is 18.7 Å². The van der Waals surface area contributed by atoms with Crippen LogP contribution in [0.3, 0.4) is 0 Å². The van der Waals surface area contributed by atoms with Crippen LogP contribution in [0, 0.1) is 43.0 Å². The van der Waals surface area contributed by atoms with Gasteiger partial charge in [-0.05, 0) is 19.5 Å². The number of hydrogen-bond donors (Lipinski definition) is 1. The Labute approximate surface area is 218 Å². The van der Waals surface area contributed by atoms with E-state index in [1.54, 1.807) is 0 Å². The molecule has 172 valence electrons. The van der Waals surface area contributed by atoms with E-state index in [0.29, 0.717) is 30.9 Å². The molecule has 4 atom stereocenters. The van der Waals surface area contributed by atoms with Gasteiger partial charge in [0.05, 0.1) is 29.1 Å². The number of pyridine rings is 1. The molecule has 2 aromatic rings. The molecule has 0 unspecified atom stereocenters. The van der Waals surface area contributed by atoms with Gasteiger partial charge in [-0.2, -0.15) is 16.4 Å². The molecule has 1 N–H and O–H groups in total. The molecule has 4 aliphatic rings. The first-order chi connectivity index (χ1) is 14.9. The maximum absolute atomic E-state index is 14.1. The van der Waals surface area contributed by atoms with Gasteiger partial charge < -0.3 is 19.6 Å². The second-order valence-corrected chi connectivity index (χ2v) is 9.07. The number of aromatic hydroxyl groups is 1. The maximum Gasteiger partial charge on any atom is 0.316 e. The molecule has 0 spiro atoms. The number of hydrogen-bond acceptors (Lipinski definition) is 7. The number of halogens is 4. The number of ether oxygens (including phenoxy) is 1. The Morgan fingerprint density at radius 1 is 1.25 bits per heavy atom. The van der Waals surface area contributed by atoms with Crippen molar-refractivity contribution in [3.63, 3.8) is 0 Å². The van der Waals surface area contributed by atoms with Crippen LogP contribution >= 0.6 is 23.2 Å². The Kier molecular flexibility index (Phi) is 7.70. The zero-order valence-corrected chi connectivity index (χ0v) is 22.8. The average molecular weight is 711 g/mol. The Hall–Kier alpha value is -0.498. The summed E-state index contributed by atoms with van der Waals surface area (Å²) in [5, 5.41) is 9.68. The predicted octanol–water partition coefficient (Wildman–Crippen LogP) is 3.46. The van der Waals surface area contributed by atoms with Crippen LogP contribution in [0.2, 0.25) is 5.15 Å². The van der Waals surface area contributed by atoms with Crippen molar-refractivity contribution in [2.24, 2.45) is 0 Å². The van der Waals surface area contributed by atoms with E-state index in [-0.39, 0.29) is 59.3 Å². The molecule has 1 aliphatic carbocycles. The fourth-order valence-corrected chi connectivity index (χ4v) is 5.21. The minimum atomic E-state index is -0.779. The van der Waals surface area contributed by atoms with E-state index in [2.05, 4.69) is 19.9 Å². The Morgan fingerprint density at radius 3 is 2.84 bits per heavy atom. The van der Waals surface area contributed by atoms with E-state index in [0.717, 1.165) is 25.8 Å². The number of nitrogens with zero attached hydrogens (tertiary/aromatic N) is 5.